The van der Waals surface area contributed by atoms with Crippen molar-refractivity contribution in [1.29, 1.82) is 0 Å². The first-order valence-corrected chi connectivity index (χ1v) is 9.71. The second-order valence-corrected chi connectivity index (χ2v) is 9.41. The Labute approximate surface area is 144 Å². The molecule has 0 bridgehead atoms. The van der Waals surface area contributed by atoms with Crippen LogP contribution in [0.25, 0.3) is 0 Å². The Bertz CT molecular complexity index is 621. The standard InChI is InChI=1S/C21H30O3/c1-12(22)15-6-7-16-14-5-4-13-10-18(23)19(24)11-21(13,3)17(14)8-9-20(15,16)2/h10,14-17,19,24H,4-9,11H2,1-3H3/t14-,15+,16-,17+,19?,20+,21+/m0/s1. The SMILES string of the molecule is CC(=O)[C@H]1CC[C@H]2[C@@H]3CCC4=CC(=O)C(O)C[C@@]4(C)[C@@H]3CC[C@]12C. The van der Waals surface area contributed by atoms with Crippen LogP contribution in [0.15, 0.2) is 11.6 Å². The first-order valence-electron chi connectivity index (χ1n) is 9.71. The average molecular weight is 330 g/mol. The molecule has 4 rings (SSSR count). The van der Waals surface area contributed by atoms with Crippen molar-refractivity contribution in [2.45, 2.75) is 71.8 Å². The van der Waals surface area contributed by atoms with E-state index in [1.165, 1.54) is 12.0 Å². The molecule has 0 heterocycles. The van der Waals surface area contributed by atoms with Crippen LogP contribution < -0.4 is 0 Å². The lowest BCUT2D eigenvalue weighted by Gasteiger charge is -2.58. The number of allylic oxidation sites excluding steroid dienone is 1. The van der Waals surface area contributed by atoms with E-state index in [9.17, 15) is 14.7 Å². The third-order valence-electron chi connectivity index (χ3n) is 8.49. The first-order chi connectivity index (χ1) is 11.3. The number of ketones is 2. The molecular weight excluding hydrogens is 300 g/mol. The molecule has 132 valence electrons. The number of rotatable bonds is 1. The molecule has 3 heteroatoms. The number of hydrogen-bond acceptors (Lipinski definition) is 3. The van der Waals surface area contributed by atoms with Crippen molar-refractivity contribution in [3.05, 3.63) is 11.6 Å². The van der Waals surface area contributed by atoms with E-state index < -0.39 is 6.10 Å². The summed E-state index contributed by atoms with van der Waals surface area (Å²) in [4.78, 5) is 24.1. The predicted octanol–water partition coefficient (Wildman–Crippen LogP) is 3.69. The normalized spacial score (nSPS) is 50.6. The first kappa shape index (κ1) is 16.5. The Kier molecular flexibility index (Phi) is 3.62. The van der Waals surface area contributed by atoms with Gasteiger partial charge in [-0.1, -0.05) is 19.4 Å². The fourth-order valence-corrected chi connectivity index (χ4v) is 7.28. The molecule has 4 aliphatic rings. The summed E-state index contributed by atoms with van der Waals surface area (Å²) in [6.07, 6.45) is 8.17. The van der Waals surface area contributed by atoms with Gasteiger partial charge in [-0.3, -0.25) is 9.59 Å². The Morgan fingerprint density at radius 2 is 1.92 bits per heavy atom. The maximum atomic E-state index is 12.2. The molecule has 0 aromatic rings. The monoisotopic (exact) mass is 330 g/mol. The van der Waals surface area contributed by atoms with Crippen LogP contribution in [-0.2, 0) is 9.59 Å². The molecule has 1 unspecified atom stereocenters. The Hall–Kier alpha value is -0.960. The lowest BCUT2D eigenvalue weighted by atomic mass is 9.46. The van der Waals surface area contributed by atoms with Crippen LogP contribution >= 0.6 is 0 Å². The fraction of sp³-hybridized carbons (Fsp3) is 0.810. The molecule has 1 N–H and O–H groups in total. The van der Waals surface area contributed by atoms with E-state index in [1.54, 1.807) is 13.0 Å². The smallest absolute Gasteiger partial charge is 0.184 e. The maximum Gasteiger partial charge on any atom is 0.184 e. The van der Waals surface area contributed by atoms with Crippen LogP contribution in [0.5, 0.6) is 0 Å². The number of aliphatic hydroxyl groups is 1. The van der Waals surface area contributed by atoms with Gasteiger partial charge in [0.25, 0.3) is 0 Å². The van der Waals surface area contributed by atoms with Crippen molar-refractivity contribution >= 4 is 11.6 Å². The summed E-state index contributed by atoms with van der Waals surface area (Å²) in [5, 5.41) is 10.2. The third kappa shape index (κ3) is 2.06. The molecule has 0 amide bonds. The number of carbonyl (C=O) groups is 2. The van der Waals surface area contributed by atoms with Gasteiger partial charge in [-0.2, -0.15) is 0 Å². The van der Waals surface area contributed by atoms with Gasteiger partial charge in [0.15, 0.2) is 5.78 Å². The van der Waals surface area contributed by atoms with Crippen molar-refractivity contribution in [3.63, 3.8) is 0 Å². The second kappa shape index (κ2) is 5.27. The molecule has 0 saturated heterocycles. The van der Waals surface area contributed by atoms with E-state index in [0.717, 1.165) is 32.1 Å². The van der Waals surface area contributed by atoms with Crippen LogP contribution in [0.1, 0.15) is 65.7 Å². The highest BCUT2D eigenvalue weighted by molar-refractivity contribution is 5.95. The van der Waals surface area contributed by atoms with E-state index >= 15 is 0 Å². The molecule has 24 heavy (non-hydrogen) atoms. The molecule has 0 spiro atoms. The van der Waals surface area contributed by atoms with Crippen LogP contribution in [-0.4, -0.2) is 22.8 Å². The highest BCUT2D eigenvalue weighted by Gasteiger charge is 2.60. The minimum atomic E-state index is -0.820. The number of carbonyl (C=O) groups excluding carboxylic acids is 2. The van der Waals surface area contributed by atoms with Crippen molar-refractivity contribution < 1.29 is 14.7 Å². The van der Waals surface area contributed by atoms with Gasteiger partial charge >= 0.3 is 0 Å². The number of Topliss-reactive ketones (excluding diaryl/α,β-unsaturated/α-hetero) is 1. The van der Waals surface area contributed by atoms with Crippen molar-refractivity contribution in [3.8, 4) is 0 Å². The molecule has 3 fully saturated rings. The molecule has 3 nitrogen and oxygen atoms in total. The zero-order chi connectivity index (χ0) is 17.3. The number of hydrogen-bond donors (Lipinski definition) is 1. The van der Waals surface area contributed by atoms with Gasteiger partial charge in [-0.15, -0.1) is 0 Å². The van der Waals surface area contributed by atoms with Crippen LogP contribution in [0.4, 0.5) is 0 Å². The van der Waals surface area contributed by atoms with Gasteiger partial charge in [0.2, 0.25) is 0 Å². The lowest BCUT2D eigenvalue weighted by molar-refractivity contribution is -0.132. The Morgan fingerprint density at radius 1 is 1.17 bits per heavy atom. The molecule has 0 aromatic carbocycles. The van der Waals surface area contributed by atoms with E-state index in [2.05, 4.69) is 13.8 Å². The third-order valence-corrected chi connectivity index (χ3v) is 8.49. The lowest BCUT2D eigenvalue weighted by Crippen LogP contribution is -2.52. The molecular formula is C21H30O3. The zero-order valence-electron chi connectivity index (χ0n) is 15.2. The minimum absolute atomic E-state index is 0.0219. The van der Waals surface area contributed by atoms with Crippen LogP contribution in [0, 0.1) is 34.5 Å². The number of fused-ring (bicyclic) bond motifs is 5. The second-order valence-electron chi connectivity index (χ2n) is 9.41. The molecule has 7 atom stereocenters. The summed E-state index contributed by atoms with van der Waals surface area (Å²) >= 11 is 0. The topological polar surface area (TPSA) is 54.4 Å². The van der Waals surface area contributed by atoms with Crippen molar-refractivity contribution in [1.82, 2.24) is 0 Å². The maximum absolute atomic E-state index is 12.2. The van der Waals surface area contributed by atoms with E-state index in [-0.39, 0.29) is 22.5 Å². The Morgan fingerprint density at radius 3 is 2.62 bits per heavy atom. The van der Waals surface area contributed by atoms with Crippen molar-refractivity contribution in [2.75, 3.05) is 0 Å². The van der Waals surface area contributed by atoms with Gasteiger partial charge in [0, 0.05) is 5.92 Å². The van der Waals surface area contributed by atoms with E-state index in [4.69, 9.17) is 0 Å². The van der Waals surface area contributed by atoms with Gasteiger partial charge in [-0.05, 0) is 86.5 Å². The van der Waals surface area contributed by atoms with Gasteiger partial charge in [-0.25, -0.2) is 0 Å². The molecule has 0 aliphatic heterocycles. The predicted molar refractivity (Wildman–Crippen MR) is 92.3 cm³/mol. The molecule has 0 radical (unpaired) electrons. The minimum Gasteiger partial charge on any atom is -0.385 e. The summed E-state index contributed by atoms with van der Waals surface area (Å²) in [7, 11) is 0. The zero-order valence-corrected chi connectivity index (χ0v) is 15.2. The summed E-state index contributed by atoms with van der Waals surface area (Å²) in [5.41, 5.74) is 1.43. The van der Waals surface area contributed by atoms with Crippen LogP contribution in [0.2, 0.25) is 0 Å². The molecule has 0 aromatic heterocycles. The number of aliphatic hydroxyl groups excluding tert-OH is 1. The highest BCUT2D eigenvalue weighted by Crippen LogP contribution is 2.66. The van der Waals surface area contributed by atoms with Crippen molar-refractivity contribution in [2.24, 2.45) is 34.5 Å². The largest absolute Gasteiger partial charge is 0.385 e. The quantitative estimate of drug-likeness (QED) is 0.797. The summed E-state index contributed by atoms with van der Waals surface area (Å²) < 4.78 is 0. The molecule has 4 aliphatic carbocycles. The Balaban J connectivity index is 1.68. The summed E-state index contributed by atoms with van der Waals surface area (Å²) in [6, 6.07) is 0. The fourth-order valence-electron chi connectivity index (χ4n) is 7.28. The van der Waals surface area contributed by atoms with Crippen LogP contribution in [0.3, 0.4) is 0 Å². The summed E-state index contributed by atoms with van der Waals surface area (Å²) in [6.45, 7) is 6.42. The van der Waals surface area contributed by atoms with E-state index in [0.29, 0.717) is 30.0 Å². The van der Waals surface area contributed by atoms with Gasteiger partial charge in [0.1, 0.15) is 11.9 Å². The van der Waals surface area contributed by atoms with E-state index in [1.807, 2.05) is 0 Å². The summed E-state index contributed by atoms with van der Waals surface area (Å²) in [5.74, 6) is 2.36. The molecule has 3 saturated carbocycles. The van der Waals surface area contributed by atoms with Gasteiger partial charge < -0.3 is 5.11 Å². The van der Waals surface area contributed by atoms with Gasteiger partial charge in [0.05, 0.1) is 0 Å². The highest BCUT2D eigenvalue weighted by atomic mass is 16.3. The average Bonchev–Trinajstić information content (AvgIpc) is 2.86.